The summed E-state index contributed by atoms with van der Waals surface area (Å²) in [5.74, 6) is 1.67. The van der Waals surface area contributed by atoms with Gasteiger partial charge in [-0.1, -0.05) is 121 Å². The molecule has 12 rings (SSSR count). The molecule has 256 valence electrons. The van der Waals surface area contributed by atoms with Crippen LogP contribution in [0.1, 0.15) is 0 Å². The number of hydrogen-bond donors (Lipinski definition) is 0. The first-order valence-electron chi connectivity index (χ1n) is 18.3. The van der Waals surface area contributed by atoms with E-state index in [2.05, 4.69) is 84.9 Å². The number of benzene rings is 8. The second-order valence-corrected chi connectivity index (χ2v) is 13.9. The van der Waals surface area contributed by atoms with E-state index in [1.807, 2.05) is 78.9 Å². The highest BCUT2D eigenvalue weighted by Gasteiger charge is 2.21. The van der Waals surface area contributed by atoms with Gasteiger partial charge in [-0.3, -0.25) is 0 Å². The van der Waals surface area contributed by atoms with Crippen molar-refractivity contribution in [2.24, 2.45) is 0 Å². The Hall–Kier alpha value is -7.57. The molecule has 0 aliphatic rings. The fourth-order valence-corrected chi connectivity index (χ4v) is 8.19. The summed E-state index contributed by atoms with van der Waals surface area (Å²) in [6.45, 7) is 0. The highest BCUT2D eigenvalue weighted by Crippen LogP contribution is 2.42. The molecule has 0 aliphatic heterocycles. The van der Waals surface area contributed by atoms with Crippen LogP contribution in [0.5, 0.6) is 0 Å². The van der Waals surface area contributed by atoms with E-state index in [4.69, 9.17) is 28.2 Å². The second-order valence-electron chi connectivity index (χ2n) is 13.9. The van der Waals surface area contributed by atoms with Gasteiger partial charge in [0.1, 0.15) is 33.5 Å². The van der Waals surface area contributed by atoms with Crippen LogP contribution in [-0.4, -0.2) is 15.0 Å². The number of furan rings is 3. The van der Waals surface area contributed by atoms with Crippen LogP contribution >= 0.6 is 0 Å². The van der Waals surface area contributed by atoms with Crippen LogP contribution in [0, 0.1) is 0 Å². The summed E-state index contributed by atoms with van der Waals surface area (Å²) in [5, 5.41) is 8.27. The minimum atomic E-state index is 0.552. The van der Waals surface area contributed by atoms with Gasteiger partial charge in [0.2, 0.25) is 0 Å². The number of fused-ring (bicyclic) bond motifs is 10. The summed E-state index contributed by atoms with van der Waals surface area (Å²) in [4.78, 5) is 15.7. The van der Waals surface area contributed by atoms with Crippen molar-refractivity contribution < 1.29 is 13.3 Å². The maximum Gasteiger partial charge on any atom is 0.164 e. The molecule has 0 radical (unpaired) electrons. The Bertz CT molecular complexity index is 3500. The Morgan fingerprint density at radius 1 is 0.309 bits per heavy atom. The van der Waals surface area contributed by atoms with Crippen molar-refractivity contribution in [2.45, 2.75) is 0 Å². The van der Waals surface area contributed by atoms with Gasteiger partial charge in [-0.15, -0.1) is 0 Å². The highest BCUT2D eigenvalue weighted by molar-refractivity contribution is 6.16. The average molecular weight is 706 g/mol. The van der Waals surface area contributed by atoms with E-state index in [9.17, 15) is 0 Å². The Labute approximate surface area is 312 Å². The molecule has 55 heavy (non-hydrogen) atoms. The Balaban J connectivity index is 1.12. The zero-order valence-electron chi connectivity index (χ0n) is 29.2. The lowest BCUT2D eigenvalue weighted by molar-refractivity contribution is 0.669. The normalized spacial score (nSPS) is 12.0. The van der Waals surface area contributed by atoms with Gasteiger partial charge in [0.15, 0.2) is 17.5 Å². The van der Waals surface area contributed by atoms with Gasteiger partial charge in [-0.05, 0) is 58.8 Å². The molecule has 0 amide bonds. The molecule has 0 unspecified atom stereocenters. The number of para-hydroxylation sites is 3. The quantitative estimate of drug-likeness (QED) is 0.181. The topological polar surface area (TPSA) is 78.1 Å². The van der Waals surface area contributed by atoms with Crippen molar-refractivity contribution >= 4 is 76.6 Å². The maximum atomic E-state index is 6.64. The van der Waals surface area contributed by atoms with Crippen LogP contribution in [0.4, 0.5) is 0 Å². The van der Waals surface area contributed by atoms with Gasteiger partial charge in [0.25, 0.3) is 0 Å². The third-order valence-electron chi connectivity index (χ3n) is 10.7. The molecule has 0 saturated carbocycles. The Morgan fingerprint density at radius 3 is 1.69 bits per heavy atom. The number of rotatable bonds is 4. The molecular weight excluding hydrogens is 679 g/mol. The monoisotopic (exact) mass is 705 g/mol. The molecule has 6 heteroatoms. The van der Waals surface area contributed by atoms with Gasteiger partial charge in [-0.2, -0.15) is 0 Å². The van der Waals surface area contributed by atoms with Gasteiger partial charge >= 0.3 is 0 Å². The Morgan fingerprint density at radius 2 is 0.891 bits per heavy atom. The maximum absolute atomic E-state index is 6.64. The average Bonchev–Trinajstić information content (AvgIpc) is 3.94. The van der Waals surface area contributed by atoms with E-state index in [0.29, 0.717) is 17.5 Å². The van der Waals surface area contributed by atoms with E-state index in [0.717, 1.165) is 104 Å². The molecule has 0 fully saturated rings. The van der Waals surface area contributed by atoms with Crippen molar-refractivity contribution in [2.75, 3.05) is 0 Å². The summed E-state index contributed by atoms with van der Waals surface area (Å²) in [6, 6.07) is 55.7. The van der Waals surface area contributed by atoms with E-state index < -0.39 is 0 Å². The van der Waals surface area contributed by atoms with Gasteiger partial charge in [0.05, 0.1) is 0 Å². The molecular formula is C49H27N3O3. The van der Waals surface area contributed by atoms with Crippen LogP contribution in [0.3, 0.4) is 0 Å². The molecule has 12 aromatic rings. The summed E-state index contributed by atoms with van der Waals surface area (Å²) in [7, 11) is 0. The highest BCUT2D eigenvalue weighted by atomic mass is 16.3. The SMILES string of the molecule is c1ccc(-c2cccc3c2oc2cccc(-c4nc(-c5ccc6cc7c(cc6c5)oc5ccccc57)nc(-c5cccc6oc7ccccc7c56)n4)c23)cc1. The minimum absolute atomic E-state index is 0.552. The predicted molar refractivity (Wildman–Crippen MR) is 221 cm³/mol. The van der Waals surface area contributed by atoms with Crippen LogP contribution in [-0.2, 0) is 0 Å². The molecule has 0 atom stereocenters. The number of hydrogen-bond acceptors (Lipinski definition) is 6. The largest absolute Gasteiger partial charge is 0.456 e. The van der Waals surface area contributed by atoms with Gasteiger partial charge < -0.3 is 13.3 Å². The summed E-state index contributed by atoms with van der Waals surface area (Å²) in [5.41, 5.74) is 9.62. The third-order valence-corrected chi connectivity index (χ3v) is 10.7. The van der Waals surface area contributed by atoms with Crippen molar-refractivity contribution in [3.63, 3.8) is 0 Å². The molecule has 4 aromatic heterocycles. The van der Waals surface area contributed by atoms with Gasteiger partial charge in [0, 0.05) is 54.6 Å². The minimum Gasteiger partial charge on any atom is -0.456 e. The van der Waals surface area contributed by atoms with Crippen LogP contribution in [0.25, 0.3) is 122 Å². The van der Waals surface area contributed by atoms with E-state index >= 15 is 0 Å². The smallest absolute Gasteiger partial charge is 0.164 e. The molecule has 8 aromatic carbocycles. The molecule has 6 nitrogen and oxygen atoms in total. The molecule has 4 heterocycles. The number of aromatic nitrogens is 3. The van der Waals surface area contributed by atoms with Crippen LogP contribution in [0.15, 0.2) is 177 Å². The molecule has 0 saturated heterocycles. The summed E-state index contributed by atoms with van der Waals surface area (Å²) < 4.78 is 19.2. The third kappa shape index (κ3) is 4.58. The van der Waals surface area contributed by atoms with Crippen molar-refractivity contribution in [3.8, 4) is 45.3 Å². The Kier molecular flexibility index (Phi) is 6.24. The van der Waals surface area contributed by atoms with Crippen molar-refractivity contribution in [3.05, 3.63) is 164 Å². The first kappa shape index (κ1) is 29.9. The number of nitrogens with zero attached hydrogens (tertiary/aromatic N) is 3. The fraction of sp³-hybridized carbons (Fsp3) is 0. The fourth-order valence-electron chi connectivity index (χ4n) is 8.19. The summed E-state index contributed by atoms with van der Waals surface area (Å²) >= 11 is 0. The summed E-state index contributed by atoms with van der Waals surface area (Å²) in [6.07, 6.45) is 0. The molecule has 0 aliphatic carbocycles. The lowest BCUT2D eigenvalue weighted by atomic mass is 10.00. The van der Waals surface area contributed by atoms with Crippen molar-refractivity contribution in [1.29, 1.82) is 0 Å². The second kappa shape index (κ2) is 11.5. The zero-order chi connectivity index (χ0) is 36.0. The lowest BCUT2D eigenvalue weighted by Crippen LogP contribution is -2.00. The van der Waals surface area contributed by atoms with E-state index in [-0.39, 0.29) is 0 Å². The first-order chi connectivity index (χ1) is 27.2. The van der Waals surface area contributed by atoms with E-state index in [1.54, 1.807) is 0 Å². The molecule has 0 spiro atoms. The molecule has 0 N–H and O–H groups in total. The van der Waals surface area contributed by atoms with Crippen LogP contribution in [0.2, 0.25) is 0 Å². The lowest BCUT2D eigenvalue weighted by Gasteiger charge is -2.11. The van der Waals surface area contributed by atoms with Crippen molar-refractivity contribution in [1.82, 2.24) is 15.0 Å². The zero-order valence-corrected chi connectivity index (χ0v) is 29.2. The molecule has 0 bridgehead atoms. The van der Waals surface area contributed by atoms with E-state index in [1.165, 1.54) is 0 Å². The first-order valence-corrected chi connectivity index (χ1v) is 18.3. The van der Waals surface area contributed by atoms with Gasteiger partial charge in [-0.25, -0.2) is 15.0 Å². The predicted octanol–water partition coefficient (Wildman–Crippen LogP) is 13.4. The van der Waals surface area contributed by atoms with Crippen LogP contribution < -0.4 is 0 Å². The standard InChI is InChI=1S/C49H27N3O3/c1-2-11-28(12-3-1)32-15-8-16-35-45-37(18-10-22-42(45)55-46(32)35)49-51-47(50-48(52-49)36-17-9-21-41-44(36)34-14-5-7-20-40(34)53-41)30-24-23-29-26-38-33-13-4-6-19-39(33)54-43(38)27-31(29)25-30/h1-27H.